The van der Waals surface area contributed by atoms with Crippen LogP contribution in [0.2, 0.25) is 0 Å². The van der Waals surface area contributed by atoms with E-state index >= 15 is 0 Å². The van der Waals surface area contributed by atoms with Crippen LogP contribution in [0.4, 0.5) is 0 Å². The van der Waals surface area contributed by atoms with E-state index in [2.05, 4.69) is 0 Å². The predicted molar refractivity (Wildman–Crippen MR) is 62.4 cm³/mol. The van der Waals surface area contributed by atoms with Crippen molar-refractivity contribution < 1.29 is 30.0 Å². The fraction of sp³-hybridized carbons (Fsp3) is 0.417. The van der Waals surface area contributed by atoms with Gasteiger partial charge < -0.3 is 25.2 Å². The number of ether oxygens (including phenoxy) is 1. The molecule has 100 valence electrons. The SMILES string of the molecule is COc1ccc(CC(=O)O)cc1C(O)C(O)CO. The van der Waals surface area contributed by atoms with E-state index in [9.17, 15) is 15.0 Å². The van der Waals surface area contributed by atoms with Crippen molar-refractivity contribution in [1.29, 1.82) is 0 Å². The van der Waals surface area contributed by atoms with Crippen molar-refractivity contribution in [2.24, 2.45) is 0 Å². The summed E-state index contributed by atoms with van der Waals surface area (Å²) in [5.41, 5.74) is 0.722. The molecule has 2 atom stereocenters. The van der Waals surface area contributed by atoms with E-state index in [0.29, 0.717) is 11.3 Å². The lowest BCUT2D eigenvalue weighted by atomic mass is 10.00. The highest BCUT2D eigenvalue weighted by molar-refractivity contribution is 5.70. The molecular weight excluding hydrogens is 240 g/mol. The molecule has 0 bridgehead atoms. The molecule has 0 spiro atoms. The van der Waals surface area contributed by atoms with Gasteiger partial charge in [0.2, 0.25) is 0 Å². The topological polar surface area (TPSA) is 107 Å². The van der Waals surface area contributed by atoms with Crippen LogP contribution < -0.4 is 4.74 Å². The second-order valence-electron chi connectivity index (χ2n) is 3.84. The summed E-state index contributed by atoms with van der Waals surface area (Å²) in [6.07, 6.45) is -2.88. The van der Waals surface area contributed by atoms with Crippen molar-refractivity contribution in [2.45, 2.75) is 18.6 Å². The molecule has 0 radical (unpaired) electrons. The van der Waals surface area contributed by atoms with Gasteiger partial charge in [0.15, 0.2) is 0 Å². The van der Waals surface area contributed by atoms with Crippen LogP contribution in [0.25, 0.3) is 0 Å². The van der Waals surface area contributed by atoms with Crippen LogP contribution >= 0.6 is 0 Å². The highest BCUT2D eigenvalue weighted by atomic mass is 16.5. The first-order valence-electron chi connectivity index (χ1n) is 5.35. The van der Waals surface area contributed by atoms with E-state index in [4.69, 9.17) is 14.9 Å². The largest absolute Gasteiger partial charge is 0.496 e. The molecule has 6 heteroatoms. The molecule has 4 N–H and O–H groups in total. The average Bonchev–Trinajstić information content (AvgIpc) is 2.36. The van der Waals surface area contributed by atoms with Crippen LogP contribution in [0.1, 0.15) is 17.2 Å². The molecular formula is C12H16O6. The Morgan fingerprint density at radius 2 is 2.06 bits per heavy atom. The Balaban J connectivity index is 3.09. The molecule has 0 fully saturated rings. The normalized spacial score (nSPS) is 14.0. The number of carboxylic acid groups (broad SMARTS) is 1. The maximum Gasteiger partial charge on any atom is 0.307 e. The van der Waals surface area contributed by atoms with Crippen molar-refractivity contribution in [2.75, 3.05) is 13.7 Å². The van der Waals surface area contributed by atoms with Gasteiger partial charge in [-0.15, -0.1) is 0 Å². The van der Waals surface area contributed by atoms with Crippen LogP contribution in [0.15, 0.2) is 18.2 Å². The van der Waals surface area contributed by atoms with Crippen LogP contribution in [-0.4, -0.2) is 46.2 Å². The number of methoxy groups -OCH3 is 1. The van der Waals surface area contributed by atoms with Gasteiger partial charge in [0, 0.05) is 5.56 Å². The maximum atomic E-state index is 10.6. The Kier molecular flexibility index (Phi) is 5.08. The minimum Gasteiger partial charge on any atom is -0.496 e. The summed E-state index contributed by atoms with van der Waals surface area (Å²) in [6, 6.07) is 4.52. The first-order chi connectivity index (χ1) is 8.49. The van der Waals surface area contributed by atoms with Crippen LogP contribution in [0.5, 0.6) is 5.75 Å². The van der Waals surface area contributed by atoms with Gasteiger partial charge in [0.25, 0.3) is 0 Å². The monoisotopic (exact) mass is 256 g/mol. The van der Waals surface area contributed by atoms with Crippen LogP contribution in [0, 0.1) is 0 Å². The third kappa shape index (κ3) is 3.43. The van der Waals surface area contributed by atoms with E-state index in [-0.39, 0.29) is 12.0 Å². The van der Waals surface area contributed by atoms with E-state index in [1.165, 1.54) is 19.2 Å². The highest BCUT2D eigenvalue weighted by Gasteiger charge is 2.21. The smallest absolute Gasteiger partial charge is 0.307 e. The standard InChI is InChI=1S/C12H16O6/c1-18-10-3-2-7(5-11(15)16)4-8(10)12(17)9(14)6-13/h2-4,9,12-14,17H,5-6H2,1H3,(H,15,16). The number of hydrogen-bond donors (Lipinski definition) is 4. The average molecular weight is 256 g/mol. The van der Waals surface area contributed by atoms with Gasteiger partial charge in [-0.3, -0.25) is 4.79 Å². The van der Waals surface area contributed by atoms with Gasteiger partial charge in [0.1, 0.15) is 18.0 Å². The fourth-order valence-corrected chi connectivity index (χ4v) is 1.61. The summed E-state index contributed by atoms with van der Waals surface area (Å²) in [4.78, 5) is 10.6. The Bertz CT molecular complexity index is 417. The Labute approximate surface area is 104 Å². The summed E-state index contributed by atoms with van der Waals surface area (Å²) in [5.74, 6) is -0.674. The molecule has 0 saturated heterocycles. The molecule has 0 amide bonds. The highest BCUT2D eigenvalue weighted by Crippen LogP contribution is 2.28. The summed E-state index contributed by atoms with van der Waals surface area (Å²) in [7, 11) is 1.40. The Morgan fingerprint density at radius 3 is 2.56 bits per heavy atom. The number of rotatable bonds is 6. The molecule has 0 heterocycles. The lowest BCUT2D eigenvalue weighted by Gasteiger charge is -2.19. The fourth-order valence-electron chi connectivity index (χ4n) is 1.61. The van der Waals surface area contributed by atoms with Gasteiger partial charge >= 0.3 is 5.97 Å². The number of aliphatic hydroxyl groups excluding tert-OH is 3. The number of hydrogen-bond acceptors (Lipinski definition) is 5. The third-order valence-corrected chi connectivity index (χ3v) is 2.52. The maximum absolute atomic E-state index is 10.6. The summed E-state index contributed by atoms with van der Waals surface area (Å²) in [5, 5.41) is 36.7. The first kappa shape index (κ1) is 14.4. The zero-order valence-electron chi connectivity index (χ0n) is 9.91. The molecule has 0 aliphatic carbocycles. The Hall–Kier alpha value is -1.63. The molecule has 2 unspecified atom stereocenters. The lowest BCUT2D eigenvalue weighted by Crippen LogP contribution is -2.22. The zero-order valence-corrected chi connectivity index (χ0v) is 9.91. The van der Waals surface area contributed by atoms with Gasteiger partial charge in [-0.2, -0.15) is 0 Å². The minimum absolute atomic E-state index is 0.196. The van der Waals surface area contributed by atoms with E-state index in [0.717, 1.165) is 0 Å². The second-order valence-corrected chi connectivity index (χ2v) is 3.84. The first-order valence-corrected chi connectivity index (χ1v) is 5.35. The second kappa shape index (κ2) is 6.34. The molecule has 0 aromatic heterocycles. The number of carboxylic acids is 1. The van der Waals surface area contributed by atoms with Gasteiger partial charge in [-0.05, 0) is 17.7 Å². The molecule has 1 aromatic rings. The van der Waals surface area contributed by atoms with E-state index in [1.54, 1.807) is 6.07 Å². The number of carbonyl (C=O) groups is 1. The number of aliphatic carboxylic acids is 1. The molecule has 1 aromatic carbocycles. The van der Waals surface area contributed by atoms with E-state index < -0.39 is 24.8 Å². The van der Waals surface area contributed by atoms with Gasteiger partial charge in [-0.25, -0.2) is 0 Å². The summed E-state index contributed by atoms with van der Waals surface area (Å²) < 4.78 is 5.02. The lowest BCUT2D eigenvalue weighted by molar-refractivity contribution is -0.136. The summed E-state index contributed by atoms with van der Waals surface area (Å²) in [6.45, 7) is -0.604. The van der Waals surface area contributed by atoms with Crippen molar-refractivity contribution in [3.8, 4) is 5.75 Å². The number of benzene rings is 1. The quantitative estimate of drug-likeness (QED) is 0.557. The summed E-state index contributed by atoms with van der Waals surface area (Å²) >= 11 is 0. The van der Waals surface area contributed by atoms with Crippen molar-refractivity contribution >= 4 is 5.97 Å². The molecule has 1 rings (SSSR count). The van der Waals surface area contributed by atoms with Crippen molar-refractivity contribution in [1.82, 2.24) is 0 Å². The van der Waals surface area contributed by atoms with Crippen LogP contribution in [-0.2, 0) is 11.2 Å². The molecule has 0 aliphatic rings. The molecule has 18 heavy (non-hydrogen) atoms. The molecule has 0 aliphatic heterocycles. The zero-order chi connectivity index (χ0) is 13.7. The van der Waals surface area contributed by atoms with Gasteiger partial charge in [0.05, 0.1) is 20.1 Å². The number of aliphatic hydroxyl groups is 3. The van der Waals surface area contributed by atoms with Gasteiger partial charge in [-0.1, -0.05) is 6.07 Å². The van der Waals surface area contributed by atoms with Crippen molar-refractivity contribution in [3.63, 3.8) is 0 Å². The van der Waals surface area contributed by atoms with Crippen LogP contribution in [0.3, 0.4) is 0 Å². The Morgan fingerprint density at radius 1 is 1.39 bits per heavy atom. The predicted octanol–water partition coefficient (Wildman–Crippen LogP) is -0.291. The third-order valence-electron chi connectivity index (χ3n) is 2.52. The molecule has 0 saturated carbocycles. The molecule has 6 nitrogen and oxygen atoms in total. The van der Waals surface area contributed by atoms with Crippen molar-refractivity contribution in [3.05, 3.63) is 29.3 Å². The minimum atomic E-state index is -1.35. The van der Waals surface area contributed by atoms with E-state index in [1.807, 2.05) is 0 Å².